The summed E-state index contributed by atoms with van der Waals surface area (Å²) in [6, 6.07) is 6.54. The van der Waals surface area contributed by atoms with Crippen LogP contribution >= 0.6 is 12.4 Å². The Bertz CT molecular complexity index is 622. The molecule has 1 saturated heterocycles. The average Bonchev–Trinajstić information content (AvgIpc) is 2.37. The average molecular weight is 348 g/mol. The Morgan fingerprint density at radius 2 is 2.18 bits per heavy atom. The molecule has 0 bridgehead atoms. The number of carbonyl (C=O) groups excluding carboxylic acids is 1. The van der Waals surface area contributed by atoms with E-state index < -0.39 is 10.0 Å². The number of primary sulfonamides is 1. The third kappa shape index (κ3) is 5.92. The number of hydrogen-bond acceptors (Lipinski definition) is 4. The summed E-state index contributed by atoms with van der Waals surface area (Å²) < 4.78 is 22.2. The molecule has 2 atom stereocenters. The van der Waals surface area contributed by atoms with Crippen molar-refractivity contribution in [3.63, 3.8) is 0 Å². The second-order valence-electron chi connectivity index (χ2n) is 5.63. The summed E-state index contributed by atoms with van der Waals surface area (Å²) in [5.74, 6) is 0.195. The van der Waals surface area contributed by atoms with Crippen LogP contribution in [0.2, 0.25) is 0 Å². The summed E-state index contributed by atoms with van der Waals surface area (Å²) in [5, 5.41) is 11.0. The largest absolute Gasteiger partial charge is 0.325 e. The molecular formula is C14H22ClN3O3S. The molecular weight excluding hydrogens is 326 g/mol. The van der Waals surface area contributed by atoms with Crippen LogP contribution in [-0.4, -0.2) is 26.9 Å². The van der Waals surface area contributed by atoms with E-state index in [9.17, 15) is 13.2 Å². The highest BCUT2D eigenvalue weighted by Gasteiger charge is 2.24. The van der Waals surface area contributed by atoms with E-state index in [0.29, 0.717) is 17.2 Å². The number of piperidine rings is 1. The highest BCUT2D eigenvalue weighted by molar-refractivity contribution is 7.88. The van der Waals surface area contributed by atoms with Crippen molar-refractivity contribution >= 4 is 34.0 Å². The van der Waals surface area contributed by atoms with Crippen molar-refractivity contribution in [1.29, 1.82) is 0 Å². The number of nitrogens with two attached hydrogens (primary N) is 1. The third-order valence-electron chi connectivity index (χ3n) is 3.54. The van der Waals surface area contributed by atoms with E-state index in [2.05, 4.69) is 17.6 Å². The fourth-order valence-corrected chi connectivity index (χ4v) is 3.15. The molecule has 0 spiro atoms. The molecule has 2 rings (SSSR count). The third-order valence-corrected chi connectivity index (χ3v) is 4.28. The lowest BCUT2D eigenvalue weighted by atomic mass is 9.94. The molecule has 1 aliphatic rings. The Hall–Kier alpha value is -1.15. The topological polar surface area (TPSA) is 101 Å². The number of rotatable bonds is 4. The minimum Gasteiger partial charge on any atom is -0.325 e. The zero-order chi connectivity index (χ0) is 15.5. The zero-order valence-electron chi connectivity index (χ0n) is 12.4. The molecule has 2 unspecified atom stereocenters. The lowest BCUT2D eigenvalue weighted by Crippen LogP contribution is -2.45. The van der Waals surface area contributed by atoms with Crippen LogP contribution in [0, 0.1) is 5.92 Å². The Morgan fingerprint density at radius 1 is 1.45 bits per heavy atom. The summed E-state index contributed by atoms with van der Waals surface area (Å²) in [5.41, 5.74) is 1.14. The van der Waals surface area contributed by atoms with Crippen molar-refractivity contribution in [1.82, 2.24) is 5.32 Å². The molecule has 0 saturated carbocycles. The van der Waals surface area contributed by atoms with Crippen LogP contribution in [0.5, 0.6) is 0 Å². The fourth-order valence-electron chi connectivity index (χ4n) is 2.51. The number of amides is 1. The minimum atomic E-state index is -3.58. The molecule has 8 heteroatoms. The monoisotopic (exact) mass is 347 g/mol. The molecule has 0 aliphatic carbocycles. The van der Waals surface area contributed by atoms with E-state index in [4.69, 9.17) is 5.14 Å². The van der Waals surface area contributed by atoms with Gasteiger partial charge in [0.15, 0.2) is 0 Å². The molecule has 4 N–H and O–H groups in total. The number of nitrogens with one attached hydrogen (secondary N) is 2. The van der Waals surface area contributed by atoms with Gasteiger partial charge in [0.1, 0.15) is 0 Å². The molecule has 1 heterocycles. The summed E-state index contributed by atoms with van der Waals surface area (Å²) in [6.45, 7) is 2.97. The van der Waals surface area contributed by atoms with E-state index in [1.807, 2.05) is 0 Å². The summed E-state index contributed by atoms with van der Waals surface area (Å²) in [6.07, 6.45) is 1.89. The van der Waals surface area contributed by atoms with Gasteiger partial charge in [0, 0.05) is 5.69 Å². The quantitative estimate of drug-likeness (QED) is 0.762. The molecule has 0 radical (unpaired) electrons. The fraction of sp³-hybridized carbons (Fsp3) is 0.500. The highest BCUT2D eigenvalue weighted by Crippen LogP contribution is 2.17. The van der Waals surface area contributed by atoms with Gasteiger partial charge in [0.05, 0.1) is 11.8 Å². The first kappa shape index (κ1) is 18.9. The van der Waals surface area contributed by atoms with Crippen molar-refractivity contribution in [2.24, 2.45) is 11.1 Å². The van der Waals surface area contributed by atoms with Crippen LogP contribution in [0.25, 0.3) is 0 Å². The standard InChI is InChI=1S/C14H21N3O3S.ClH/c1-10-5-6-16-13(7-10)14(18)17-12-4-2-3-11(8-12)9-21(15,19)20;/h2-4,8,10,13,16H,5-7,9H2,1H3,(H,17,18)(H2,15,19,20);1H. The van der Waals surface area contributed by atoms with Gasteiger partial charge >= 0.3 is 0 Å². The van der Waals surface area contributed by atoms with Gasteiger partial charge in [-0.25, -0.2) is 13.6 Å². The highest BCUT2D eigenvalue weighted by atomic mass is 35.5. The number of anilines is 1. The lowest BCUT2D eigenvalue weighted by molar-refractivity contribution is -0.119. The molecule has 22 heavy (non-hydrogen) atoms. The van der Waals surface area contributed by atoms with Crippen molar-refractivity contribution in [3.05, 3.63) is 29.8 Å². The van der Waals surface area contributed by atoms with Gasteiger partial charge in [-0.3, -0.25) is 4.79 Å². The van der Waals surface area contributed by atoms with E-state index >= 15 is 0 Å². The number of halogens is 1. The number of sulfonamides is 1. The van der Waals surface area contributed by atoms with Crippen LogP contribution < -0.4 is 15.8 Å². The molecule has 1 fully saturated rings. The van der Waals surface area contributed by atoms with Crippen LogP contribution in [0.15, 0.2) is 24.3 Å². The smallest absolute Gasteiger partial charge is 0.241 e. The van der Waals surface area contributed by atoms with Gasteiger partial charge in [-0.2, -0.15) is 0 Å². The Kier molecular flexibility index (Phi) is 6.80. The van der Waals surface area contributed by atoms with Gasteiger partial charge in [-0.1, -0.05) is 19.1 Å². The molecule has 1 aromatic rings. The lowest BCUT2D eigenvalue weighted by Gasteiger charge is -2.27. The summed E-state index contributed by atoms with van der Waals surface area (Å²) in [7, 11) is -3.58. The number of carbonyl (C=O) groups is 1. The second-order valence-corrected chi connectivity index (χ2v) is 7.25. The van der Waals surface area contributed by atoms with Crippen LogP contribution in [0.1, 0.15) is 25.3 Å². The summed E-state index contributed by atoms with van der Waals surface area (Å²) >= 11 is 0. The first-order valence-corrected chi connectivity index (χ1v) is 8.69. The van der Waals surface area contributed by atoms with E-state index in [1.165, 1.54) is 0 Å². The Morgan fingerprint density at radius 3 is 2.82 bits per heavy atom. The molecule has 0 aromatic heterocycles. The van der Waals surface area contributed by atoms with Crippen LogP contribution in [0.4, 0.5) is 5.69 Å². The molecule has 1 amide bonds. The van der Waals surface area contributed by atoms with Crippen molar-refractivity contribution in [2.45, 2.75) is 31.6 Å². The van der Waals surface area contributed by atoms with E-state index in [-0.39, 0.29) is 30.1 Å². The number of benzene rings is 1. The summed E-state index contributed by atoms with van der Waals surface area (Å²) in [4.78, 5) is 12.2. The van der Waals surface area contributed by atoms with Gasteiger partial charge in [-0.15, -0.1) is 12.4 Å². The molecule has 1 aliphatic heterocycles. The zero-order valence-corrected chi connectivity index (χ0v) is 14.0. The van der Waals surface area contributed by atoms with Gasteiger partial charge in [-0.05, 0) is 43.0 Å². The molecule has 124 valence electrons. The van der Waals surface area contributed by atoms with E-state index in [0.717, 1.165) is 19.4 Å². The van der Waals surface area contributed by atoms with Crippen LogP contribution in [-0.2, 0) is 20.6 Å². The number of hydrogen-bond donors (Lipinski definition) is 3. The molecule has 1 aromatic carbocycles. The Labute approximate surface area is 137 Å². The van der Waals surface area contributed by atoms with Crippen molar-refractivity contribution in [2.75, 3.05) is 11.9 Å². The predicted molar refractivity (Wildman–Crippen MR) is 89.3 cm³/mol. The van der Waals surface area contributed by atoms with Crippen molar-refractivity contribution in [3.8, 4) is 0 Å². The SMILES string of the molecule is CC1CCNC(C(=O)Nc2cccc(CS(N)(=O)=O)c2)C1.Cl. The van der Waals surface area contributed by atoms with Crippen LogP contribution in [0.3, 0.4) is 0 Å². The minimum absolute atomic E-state index is 0. The van der Waals surface area contributed by atoms with E-state index in [1.54, 1.807) is 24.3 Å². The van der Waals surface area contributed by atoms with Gasteiger partial charge < -0.3 is 10.6 Å². The maximum Gasteiger partial charge on any atom is 0.241 e. The predicted octanol–water partition coefficient (Wildman–Crippen LogP) is 1.22. The first-order chi connectivity index (χ1) is 9.83. The maximum atomic E-state index is 12.2. The van der Waals surface area contributed by atoms with Crippen molar-refractivity contribution < 1.29 is 13.2 Å². The second kappa shape index (κ2) is 7.92. The normalized spacial score (nSPS) is 21.7. The first-order valence-electron chi connectivity index (χ1n) is 6.97. The maximum absolute atomic E-state index is 12.2. The Balaban J connectivity index is 0.00000242. The van der Waals surface area contributed by atoms with Gasteiger partial charge in [0.2, 0.25) is 15.9 Å². The van der Waals surface area contributed by atoms with Gasteiger partial charge in [0.25, 0.3) is 0 Å². The molecule has 6 nitrogen and oxygen atoms in total.